The summed E-state index contributed by atoms with van der Waals surface area (Å²) in [6.45, 7) is 2.52. The number of halogens is 1. The van der Waals surface area contributed by atoms with E-state index < -0.39 is 20.9 Å². The zero-order chi connectivity index (χ0) is 25.2. The van der Waals surface area contributed by atoms with E-state index in [0.29, 0.717) is 36.5 Å². The molecular formula is C23H23ClN4O5S2. The van der Waals surface area contributed by atoms with Crippen LogP contribution >= 0.6 is 22.9 Å². The number of para-hydroxylation sites is 1. The number of piperidine rings is 1. The van der Waals surface area contributed by atoms with Crippen molar-refractivity contribution < 1.29 is 18.1 Å². The molecule has 2 aromatic carbocycles. The summed E-state index contributed by atoms with van der Waals surface area (Å²) in [6.07, 6.45) is 1.17. The summed E-state index contributed by atoms with van der Waals surface area (Å²) in [5.74, 6) is -0.369. The molecule has 1 saturated heterocycles. The largest absolute Gasteiger partial charge is 0.346 e. The molecule has 1 fully saturated rings. The topological polar surface area (TPSA) is 123 Å². The molecule has 3 aromatic rings. The molecule has 1 N–H and O–H groups in total. The van der Waals surface area contributed by atoms with Crippen LogP contribution in [0.15, 0.2) is 52.7 Å². The Hall–Kier alpha value is -2.86. The Morgan fingerprint density at radius 2 is 1.97 bits per heavy atom. The first-order chi connectivity index (χ1) is 16.7. The van der Waals surface area contributed by atoms with E-state index >= 15 is 0 Å². The van der Waals surface area contributed by atoms with Crippen LogP contribution in [0.4, 0.5) is 5.69 Å². The third-order valence-corrected chi connectivity index (χ3v) is 9.28. The van der Waals surface area contributed by atoms with E-state index in [-0.39, 0.29) is 28.7 Å². The van der Waals surface area contributed by atoms with Gasteiger partial charge in [0.15, 0.2) is 0 Å². The maximum atomic E-state index is 13.0. The van der Waals surface area contributed by atoms with Crippen LogP contribution in [0.2, 0.25) is 5.02 Å². The average molecular weight is 535 g/mol. The second kappa shape index (κ2) is 10.4. The van der Waals surface area contributed by atoms with E-state index in [9.17, 15) is 23.3 Å². The fraction of sp³-hybridized carbons (Fsp3) is 0.304. The third-order valence-electron chi connectivity index (χ3n) is 5.97. The molecule has 0 spiro atoms. The lowest BCUT2D eigenvalue weighted by Crippen LogP contribution is -2.37. The first-order valence-electron chi connectivity index (χ1n) is 10.9. The lowest BCUT2D eigenvalue weighted by atomic mass is 9.99. The Morgan fingerprint density at radius 1 is 1.26 bits per heavy atom. The van der Waals surface area contributed by atoms with E-state index in [2.05, 4.69) is 10.3 Å². The quantitative estimate of drug-likeness (QED) is 0.351. The van der Waals surface area contributed by atoms with Crippen LogP contribution in [-0.2, 0) is 16.6 Å². The molecule has 0 radical (unpaired) electrons. The average Bonchev–Trinajstić information content (AvgIpc) is 3.35. The van der Waals surface area contributed by atoms with Crippen LogP contribution in [0.5, 0.6) is 0 Å². The van der Waals surface area contributed by atoms with Crippen molar-refractivity contribution in [2.45, 2.75) is 37.1 Å². The molecule has 4 rings (SSSR count). The van der Waals surface area contributed by atoms with Gasteiger partial charge in [-0.3, -0.25) is 14.9 Å². The molecule has 0 aliphatic carbocycles. The first kappa shape index (κ1) is 25.2. The fourth-order valence-corrected chi connectivity index (χ4v) is 6.62. The van der Waals surface area contributed by atoms with E-state index in [1.807, 2.05) is 6.92 Å². The lowest BCUT2D eigenvalue weighted by molar-refractivity contribution is -0.385. The second-order valence-corrected chi connectivity index (χ2v) is 11.5. The predicted octanol–water partition coefficient (Wildman–Crippen LogP) is 4.51. The lowest BCUT2D eigenvalue weighted by Gasteiger charge is -2.30. The summed E-state index contributed by atoms with van der Waals surface area (Å²) in [5.41, 5.74) is 1.41. The highest BCUT2D eigenvalue weighted by atomic mass is 35.5. The number of carbonyl (C=O) groups excluding carboxylic acids is 1. The van der Waals surface area contributed by atoms with Gasteiger partial charge in [0.2, 0.25) is 10.0 Å². The number of aromatic nitrogens is 1. The van der Waals surface area contributed by atoms with E-state index in [0.717, 1.165) is 10.6 Å². The maximum Gasteiger partial charge on any atom is 0.274 e. The van der Waals surface area contributed by atoms with Gasteiger partial charge in [0.1, 0.15) is 5.69 Å². The number of benzene rings is 2. The van der Waals surface area contributed by atoms with Crippen molar-refractivity contribution in [2.75, 3.05) is 13.1 Å². The van der Waals surface area contributed by atoms with Gasteiger partial charge in [-0.05, 0) is 37.5 Å². The van der Waals surface area contributed by atoms with Crippen molar-refractivity contribution in [3.05, 3.63) is 84.8 Å². The molecule has 0 saturated carbocycles. The van der Waals surface area contributed by atoms with Crippen molar-refractivity contribution >= 4 is 44.6 Å². The van der Waals surface area contributed by atoms with Crippen LogP contribution in [0.25, 0.3) is 0 Å². The van der Waals surface area contributed by atoms with Gasteiger partial charge >= 0.3 is 0 Å². The highest BCUT2D eigenvalue weighted by Gasteiger charge is 2.31. The summed E-state index contributed by atoms with van der Waals surface area (Å²) in [7, 11) is -3.64. The van der Waals surface area contributed by atoms with Gasteiger partial charge in [0.25, 0.3) is 11.6 Å². The highest BCUT2D eigenvalue weighted by Crippen LogP contribution is 2.33. The summed E-state index contributed by atoms with van der Waals surface area (Å²) in [5, 5.41) is 16.7. The van der Waals surface area contributed by atoms with Gasteiger partial charge in [-0.25, -0.2) is 13.4 Å². The van der Waals surface area contributed by atoms with Crippen molar-refractivity contribution in [2.24, 2.45) is 0 Å². The van der Waals surface area contributed by atoms with Crippen LogP contribution < -0.4 is 5.32 Å². The summed E-state index contributed by atoms with van der Waals surface area (Å²) in [6, 6.07) is 11.0. The number of nitro groups is 1. The van der Waals surface area contributed by atoms with Gasteiger partial charge in [0.05, 0.1) is 14.8 Å². The number of aryl methyl sites for hydroxylation is 1. The summed E-state index contributed by atoms with van der Waals surface area (Å²) >= 11 is 7.47. The fourth-order valence-electron chi connectivity index (χ4n) is 3.91. The van der Waals surface area contributed by atoms with Gasteiger partial charge in [-0.15, -0.1) is 11.3 Å². The monoisotopic (exact) mass is 534 g/mol. The molecule has 1 aromatic heterocycles. The second-order valence-electron chi connectivity index (χ2n) is 8.23. The van der Waals surface area contributed by atoms with Gasteiger partial charge < -0.3 is 5.32 Å². The molecule has 0 unspecified atom stereocenters. The van der Waals surface area contributed by atoms with Crippen molar-refractivity contribution in [3.8, 4) is 0 Å². The number of hydrogen-bond donors (Lipinski definition) is 1. The molecule has 9 nitrogen and oxygen atoms in total. The zero-order valence-electron chi connectivity index (χ0n) is 18.8. The number of amides is 1. The van der Waals surface area contributed by atoms with Crippen molar-refractivity contribution in [3.63, 3.8) is 0 Å². The van der Waals surface area contributed by atoms with E-state index in [1.54, 1.807) is 35.7 Å². The molecule has 12 heteroatoms. The summed E-state index contributed by atoms with van der Waals surface area (Å²) < 4.78 is 27.5. The number of carbonyl (C=O) groups is 1. The van der Waals surface area contributed by atoms with E-state index in [4.69, 9.17) is 11.6 Å². The molecule has 1 aliphatic rings. The van der Waals surface area contributed by atoms with Crippen LogP contribution in [0.1, 0.15) is 45.4 Å². The molecule has 1 amide bonds. The molecular weight excluding hydrogens is 512 g/mol. The minimum Gasteiger partial charge on any atom is -0.346 e. The normalized spacial score (nSPS) is 15.1. The number of rotatable bonds is 7. The van der Waals surface area contributed by atoms with Gasteiger partial charge in [0, 0.05) is 47.6 Å². The number of nitrogens with one attached hydrogen (secondary N) is 1. The molecule has 0 bridgehead atoms. The summed E-state index contributed by atoms with van der Waals surface area (Å²) in [4.78, 5) is 27.8. The molecule has 184 valence electrons. The Balaban J connectivity index is 1.36. The Labute approximate surface area is 212 Å². The number of thiazole rings is 1. The third kappa shape index (κ3) is 5.53. The van der Waals surface area contributed by atoms with Crippen LogP contribution in [-0.4, -0.2) is 41.6 Å². The van der Waals surface area contributed by atoms with Crippen LogP contribution in [0, 0.1) is 17.0 Å². The van der Waals surface area contributed by atoms with Crippen LogP contribution in [0.3, 0.4) is 0 Å². The number of hydrogen-bond acceptors (Lipinski definition) is 7. The Bertz CT molecular complexity index is 1370. The highest BCUT2D eigenvalue weighted by molar-refractivity contribution is 7.89. The number of nitro benzene ring substituents is 1. The molecule has 0 atom stereocenters. The molecule has 35 heavy (non-hydrogen) atoms. The predicted molar refractivity (Wildman–Crippen MR) is 133 cm³/mol. The molecule has 2 heterocycles. The van der Waals surface area contributed by atoms with Gasteiger partial charge in [-0.1, -0.05) is 35.9 Å². The van der Waals surface area contributed by atoms with Gasteiger partial charge in [-0.2, -0.15) is 4.31 Å². The maximum absolute atomic E-state index is 13.0. The minimum atomic E-state index is -3.64. The number of nitrogens with zero attached hydrogens (tertiary/aromatic N) is 3. The standard InChI is InChI=1S/C23H23ClN4O5S2/c1-15-6-7-18(12-19(15)24)35(32,33)27-10-8-16(9-11-27)23-26-20(14-34-23)22(29)25-13-17-4-2-3-5-21(17)28(30)31/h2-7,12,14,16H,8-11,13H2,1H3,(H,25,29). The number of sulfonamides is 1. The Kier molecular flexibility index (Phi) is 7.50. The van der Waals surface area contributed by atoms with E-state index in [1.165, 1.54) is 27.8 Å². The molecule has 1 aliphatic heterocycles. The first-order valence-corrected chi connectivity index (χ1v) is 13.6. The zero-order valence-corrected chi connectivity index (χ0v) is 21.2. The Morgan fingerprint density at radius 3 is 2.66 bits per heavy atom. The smallest absolute Gasteiger partial charge is 0.274 e. The minimum absolute atomic E-state index is 0.0160. The van der Waals surface area contributed by atoms with Crippen molar-refractivity contribution in [1.82, 2.24) is 14.6 Å². The van der Waals surface area contributed by atoms with Crippen molar-refractivity contribution in [1.29, 1.82) is 0 Å². The SMILES string of the molecule is Cc1ccc(S(=O)(=O)N2CCC(c3nc(C(=O)NCc4ccccc4[N+](=O)[O-])cs3)CC2)cc1Cl.